The maximum atomic E-state index is 5.55. The minimum absolute atomic E-state index is 0.336. The summed E-state index contributed by atoms with van der Waals surface area (Å²) in [5.74, 6) is 1.05. The summed E-state index contributed by atoms with van der Waals surface area (Å²) in [5.41, 5.74) is 6.15. The van der Waals surface area contributed by atoms with Crippen LogP contribution in [0.3, 0.4) is 0 Å². The zero-order chi connectivity index (χ0) is 12.4. The molecule has 0 saturated heterocycles. The lowest BCUT2D eigenvalue weighted by Crippen LogP contribution is -2.19. The van der Waals surface area contributed by atoms with Crippen LogP contribution in [0.4, 0.5) is 0 Å². The minimum atomic E-state index is 0.336. The van der Waals surface area contributed by atoms with Crippen molar-refractivity contribution in [2.45, 2.75) is 25.8 Å². The Morgan fingerprint density at radius 2 is 2.17 bits per heavy atom. The number of nitrogens with one attached hydrogen (secondary N) is 1. The van der Waals surface area contributed by atoms with Crippen LogP contribution in [0.2, 0.25) is 0 Å². The number of aromatic nitrogens is 1. The molecule has 0 spiro atoms. The molecule has 1 atom stereocenters. The molecule has 0 aliphatic carbocycles. The predicted molar refractivity (Wildman–Crippen MR) is 72.5 cm³/mol. The maximum absolute atomic E-state index is 5.55. The van der Waals surface area contributed by atoms with Crippen molar-refractivity contribution in [2.75, 3.05) is 12.0 Å². The molecule has 18 heavy (non-hydrogen) atoms. The van der Waals surface area contributed by atoms with Crippen LogP contribution in [0, 0.1) is 0 Å². The van der Waals surface area contributed by atoms with Gasteiger partial charge in [-0.25, -0.2) is 0 Å². The van der Waals surface area contributed by atoms with Crippen molar-refractivity contribution in [1.82, 2.24) is 4.68 Å². The first-order chi connectivity index (χ1) is 8.86. The molecule has 1 N–H and O–H groups in total. The highest BCUT2D eigenvalue weighted by Gasteiger charge is 2.15. The second-order valence-corrected chi connectivity index (χ2v) is 4.65. The Morgan fingerprint density at radius 3 is 2.94 bits per heavy atom. The van der Waals surface area contributed by atoms with E-state index in [9.17, 15) is 0 Å². The molecule has 0 bridgehead atoms. The fraction of sp³-hybridized carbons (Fsp3) is 0.333. The van der Waals surface area contributed by atoms with Gasteiger partial charge in [0.25, 0.3) is 0 Å². The molecule has 3 heteroatoms. The van der Waals surface area contributed by atoms with E-state index in [0.29, 0.717) is 6.04 Å². The van der Waals surface area contributed by atoms with Gasteiger partial charge in [-0.3, -0.25) is 4.68 Å². The van der Waals surface area contributed by atoms with E-state index in [0.717, 1.165) is 25.2 Å². The lowest BCUT2D eigenvalue weighted by Gasteiger charge is -2.20. The van der Waals surface area contributed by atoms with Crippen LogP contribution >= 0.6 is 0 Å². The van der Waals surface area contributed by atoms with Gasteiger partial charge in [0.2, 0.25) is 0 Å². The maximum Gasteiger partial charge on any atom is 0.122 e. The van der Waals surface area contributed by atoms with Crippen molar-refractivity contribution in [3.05, 3.63) is 53.9 Å². The molecule has 1 unspecified atom stereocenters. The van der Waals surface area contributed by atoms with Crippen LogP contribution in [-0.2, 0) is 6.42 Å². The lowest BCUT2D eigenvalue weighted by atomic mass is 10.0. The molecule has 2 aromatic rings. The highest BCUT2D eigenvalue weighted by atomic mass is 16.5. The zero-order valence-electron chi connectivity index (χ0n) is 10.6. The smallest absolute Gasteiger partial charge is 0.122 e. The molecule has 0 saturated carbocycles. The van der Waals surface area contributed by atoms with Gasteiger partial charge in [0, 0.05) is 18.8 Å². The quantitative estimate of drug-likeness (QED) is 0.891. The Bertz CT molecular complexity index is 519. The van der Waals surface area contributed by atoms with E-state index in [4.69, 9.17) is 4.74 Å². The van der Waals surface area contributed by atoms with Crippen molar-refractivity contribution in [1.29, 1.82) is 0 Å². The van der Waals surface area contributed by atoms with E-state index in [1.807, 2.05) is 29.2 Å². The summed E-state index contributed by atoms with van der Waals surface area (Å²) < 4.78 is 7.56. The summed E-state index contributed by atoms with van der Waals surface area (Å²) in [5, 5.41) is 0. The average molecular weight is 242 g/mol. The summed E-state index contributed by atoms with van der Waals surface area (Å²) in [4.78, 5) is 0. The molecule has 1 aromatic heterocycles. The molecule has 94 valence electrons. The van der Waals surface area contributed by atoms with E-state index in [1.165, 1.54) is 11.1 Å². The molecular weight excluding hydrogens is 224 g/mol. The van der Waals surface area contributed by atoms with Crippen LogP contribution in [0.25, 0.3) is 0 Å². The van der Waals surface area contributed by atoms with Gasteiger partial charge in [-0.1, -0.05) is 13.0 Å². The van der Waals surface area contributed by atoms with Gasteiger partial charge in [-0.2, -0.15) is 0 Å². The number of ether oxygens (including phenoxy) is 1. The first kappa shape index (κ1) is 11.2. The van der Waals surface area contributed by atoms with Gasteiger partial charge in [0.1, 0.15) is 5.75 Å². The standard InChI is InChI=1S/C15H18N2O/c1-2-14(16-17-8-3-4-9-17)12-5-6-15-13(11-12)7-10-18-15/h3-6,8-9,11,14,16H,2,7,10H2,1H3. The van der Waals surface area contributed by atoms with E-state index in [1.54, 1.807) is 0 Å². The molecule has 1 aromatic carbocycles. The van der Waals surface area contributed by atoms with E-state index in [2.05, 4.69) is 30.5 Å². The highest BCUT2D eigenvalue weighted by Crippen LogP contribution is 2.29. The Kier molecular flexibility index (Phi) is 2.97. The second-order valence-electron chi connectivity index (χ2n) is 4.65. The Balaban J connectivity index is 1.83. The summed E-state index contributed by atoms with van der Waals surface area (Å²) in [6.45, 7) is 3.02. The van der Waals surface area contributed by atoms with Crippen LogP contribution in [0.5, 0.6) is 5.75 Å². The molecule has 0 radical (unpaired) electrons. The Labute approximate surface area is 107 Å². The molecule has 3 rings (SSSR count). The minimum Gasteiger partial charge on any atom is -0.493 e. The molecule has 0 fully saturated rings. The molecule has 1 aliphatic heterocycles. The zero-order valence-corrected chi connectivity index (χ0v) is 10.6. The Morgan fingerprint density at radius 1 is 1.33 bits per heavy atom. The van der Waals surface area contributed by atoms with Crippen molar-refractivity contribution < 1.29 is 4.74 Å². The molecular formula is C15H18N2O. The lowest BCUT2D eigenvalue weighted by molar-refractivity contribution is 0.357. The highest BCUT2D eigenvalue weighted by molar-refractivity contribution is 5.41. The van der Waals surface area contributed by atoms with E-state index >= 15 is 0 Å². The summed E-state index contributed by atoms with van der Waals surface area (Å²) in [7, 11) is 0. The normalized spacial score (nSPS) is 14.9. The monoisotopic (exact) mass is 242 g/mol. The van der Waals surface area contributed by atoms with Crippen LogP contribution in [-0.4, -0.2) is 11.3 Å². The first-order valence-electron chi connectivity index (χ1n) is 6.52. The largest absolute Gasteiger partial charge is 0.493 e. The van der Waals surface area contributed by atoms with Crippen molar-refractivity contribution >= 4 is 0 Å². The first-order valence-corrected chi connectivity index (χ1v) is 6.52. The van der Waals surface area contributed by atoms with Gasteiger partial charge in [-0.15, -0.1) is 0 Å². The third kappa shape index (κ3) is 2.08. The average Bonchev–Trinajstić information content (AvgIpc) is 3.06. The van der Waals surface area contributed by atoms with Gasteiger partial charge in [0.15, 0.2) is 0 Å². The summed E-state index contributed by atoms with van der Waals surface area (Å²) in [6, 6.07) is 10.9. The van der Waals surface area contributed by atoms with Crippen LogP contribution in [0.15, 0.2) is 42.7 Å². The van der Waals surface area contributed by atoms with E-state index < -0.39 is 0 Å². The van der Waals surface area contributed by atoms with Crippen molar-refractivity contribution in [2.24, 2.45) is 0 Å². The van der Waals surface area contributed by atoms with E-state index in [-0.39, 0.29) is 0 Å². The van der Waals surface area contributed by atoms with Crippen LogP contribution < -0.4 is 10.2 Å². The molecule has 3 nitrogen and oxygen atoms in total. The third-order valence-electron chi connectivity index (χ3n) is 3.43. The van der Waals surface area contributed by atoms with Crippen molar-refractivity contribution in [3.8, 4) is 5.75 Å². The fourth-order valence-electron chi connectivity index (χ4n) is 2.43. The number of fused-ring (bicyclic) bond motifs is 1. The number of benzene rings is 1. The van der Waals surface area contributed by atoms with Crippen molar-refractivity contribution in [3.63, 3.8) is 0 Å². The van der Waals surface area contributed by atoms with Gasteiger partial charge >= 0.3 is 0 Å². The number of rotatable bonds is 4. The second kappa shape index (κ2) is 4.77. The number of hydrogen-bond acceptors (Lipinski definition) is 2. The summed E-state index contributed by atoms with van der Waals surface area (Å²) >= 11 is 0. The van der Waals surface area contributed by atoms with Gasteiger partial charge < -0.3 is 10.2 Å². The molecule has 2 heterocycles. The molecule has 1 aliphatic rings. The number of hydrogen-bond donors (Lipinski definition) is 1. The topological polar surface area (TPSA) is 26.2 Å². The Hall–Kier alpha value is -1.90. The molecule has 0 amide bonds. The fourth-order valence-corrected chi connectivity index (χ4v) is 2.43. The van der Waals surface area contributed by atoms with Crippen LogP contribution in [0.1, 0.15) is 30.5 Å². The van der Waals surface area contributed by atoms with Gasteiger partial charge in [0.05, 0.1) is 12.6 Å². The number of nitrogens with zero attached hydrogens (tertiary/aromatic N) is 1. The SMILES string of the molecule is CCC(Nn1cccc1)c1ccc2c(c1)CCO2. The predicted octanol–water partition coefficient (Wildman–Crippen LogP) is 3.12. The summed E-state index contributed by atoms with van der Waals surface area (Å²) in [6.07, 6.45) is 6.14. The van der Waals surface area contributed by atoms with Gasteiger partial charge in [-0.05, 0) is 41.8 Å². The third-order valence-corrected chi connectivity index (χ3v) is 3.43.